The Labute approximate surface area is 124 Å². The number of hydrogen-bond acceptors (Lipinski definition) is 4. The van der Waals surface area contributed by atoms with Crippen molar-refractivity contribution in [2.75, 3.05) is 20.2 Å². The zero-order chi connectivity index (χ0) is 15.3. The van der Waals surface area contributed by atoms with Gasteiger partial charge in [-0.2, -0.15) is 0 Å². The number of hydrogen-bond donors (Lipinski definition) is 1. The molecule has 1 saturated heterocycles. The second-order valence-electron chi connectivity index (χ2n) is 6.58. The summed E-state index contributed by atoms with van der Waals surface area (Å²) in [5, 5.41) is 3.16. The summed E-state index contributed by atoms with van der Waals surface area (Å²) in [6.45, 7) is 12.2. The van der Waals surface area contributed by atoms with Gasteiger partial charge in [0.05, 0.1) is 6.61 Å². The number of carbonyl (C=O) groups is 1. The van der Waals surface area contributed by atoms with Gasteiger partial charge in [-0.1, -0.05) is 6.92 Å². The van der Waals surface area contributed by atoms with Crippen molar-refractivity contribution in [1.82, 2.24) is 10.2 Å². The smallest absolute Gasteiger partial charge is 0.326 e. The number of carbonyl (C=O) groups excluding carboxylic acids is 1. The lowest BCUT2D eigenvalue weighted by atomic mass is 9.88. The molecule has 1 aliphatic rings. The number of piperidine rings is 1. The average molecular weight is 284 g/mol. The maximum Gasteiger partial charge on any atom is 0.326 e. The van der Waals surface area contributed by atoms with Gasteiger partial charge in [0.1, 0.15) is 5.54 Å². The first-order valence-corrected chi connectivity index (χ1v) is 7.96. The molecule has 0 amide bonds. The maximum atomic E-state index is 12.2. The van der Waals surface area contributed by atoms with Crippen molar-refractivity contribution < 1.29 is 9.53 Å². The van der Waals surface area contributed by atoms with Crippen LogP contribution in [0.3, 0.4) is 0 Å². The van der Waals surface area contributed by atoms with E-state index < -0.39 is 5.54 Å². The van der Waals surface area contributed by atoms with Gasteiger partial charge < -0.3 is 10.1 Å². The van der Waals surface area contributed by atoms with Gasteiger partial charge in [0.2, 0.25) is 0 Å². The molecule has 0 aromatic heterocycles. The highest BCUT2D eigenvalue weighted by atomic mass is 16.5. The second kappa shape index (κ2) is 7.41. The van der Waals surface area contributed by atoms with Gasteiger partial charge in [0.25, 0.3) is 0 Å². The lowest BCUT2D eigenvalue weighted by Crippen LogP contribution is -2.55. The Morgan fingerprint density at radius 3 is 2.65 bits per heavy atom. The van der Waals surface area contributed by atoms with Crippen molar-refractivity contribution in [3.05, 3.63) is 0 Å². The molecule has 0 saturated carbocycles. The molecule has 1 heterocycles. The predicted octanol–water partition coefficient (Wildman–Crippen LogP) is 2.43. The molecular formula is C16H32N2O2. The van der Waals surface area contributed by atoms with E-state index in [1.54, 1.807) is 0 Å². The fraction of sp³-hybridized carbons (Fsp3) is 0.938. The fourth-order valence-corrected chi connectivity index (χ4v) is 3.22. The van der Waals surface area contributed by atoms with Crippen molar-refractivity contribution in [1.29, 1.82) is 0 Å². The van der Waals surface area contributed by atoms with Gasteiger partial charge in [-0.25, -0.2) is 0 Å². The van der Waals surface area contributed by atoms with Crippen LogP contribution in [0.1, 0.15) is 53.9 Å². The van der Waals surface area contributed by atoms with E-state index in [1.807, 2.05) is 20.9 Å². The third-order valence-electron chi connectivity index (χ3n) is 4.71. The Morgan fingerprint density at radius 1 is 1.45 bits per heavy atom. The van der Waals surface area contributed by atoms with Crippen molar-refractivity contribution in [2.24, 2.45) is 5.92 Å². The molecule has 118 valence electrons. The number of rotatable bonds is 6. The normalized spacial score (nSPS) is 28.7. The molecule has 4 atom stereocenters. The Kier molecular flexibility index (Phi) is 6.46. The molecule has 4 heteroatoms. The minimum absolute atomic E-state index is 0.146. The highest BCUT2D eigenvalue weighted by Crippen LogP contribution is 2.27. The van der Waals surface area contributed by atoms with Gasteiger partial charge in [0.15, 0.2) is 0 Å². The molecule has 1 rings (SSSR count). The molecule has 1 N–H and O–H groups in total. The largest absolute Gasteiger partial charge is 0.465 e. The third kappa shape index (κ3) is 4.19. The Morgan fingerprint density at radius 2 is 2.10 bits per heavy atom. The third-order valence-corrected chi connectivity index (χ3v) is 4.71. The molecule has 0 spiro atoms. The van der Waals surface area contributed by atoms with Crippen LogP contribution in [-0.2, 0) is 9.53 Å². The number of esters is 1. The standard InChI is InChI=1S/C16H32N2O2/c1-7-20-15(19)16(5,17-6)10-14(4)18-11-12(2)8-9-13(18)3/h12-14,17H,7-11H2,1-6H3. The molecular weight excluding hydrogens is 252 g/mol. The van der Waals surface area contributed by atoms with Crippen LogP contribution >= 0.6 is 0 Å². The van der Waals surface area contributed by atoms with Gasteiger partial charge in [0, 0.05) is 18.6 Å². The van der Waals surface area contributed by atoms with E-state index in [2.05, 4.69) is 31.0 Å². The predicted molar refractivity (Wildman–Crippen MR) is 82.7 cm³/mol. The highest BCUT2D eigenvalue weighted by molar-refractivity contribution is 5.80. The van der Waals surface area contributed by atoms with Crippen molar-refractivity contribution in [3.63, 3.8) is 0 Å². The maximum absolute atomic E-state index is 12.2. The van der Waals surface area contributed by atoms with Crippen LogP contribution in [0.4, 0.5) is 0 Å². The van der Waals surface area contributed by atoms with Crippen LogP contribution in [-0.4, -0.2) is 48.7 Å². The molecule has 0 aromatic rings. The molecule has 20 heavy (non-hydrogen) atoms. The molecule has 4 nitrogen and oxygen atoms in total. The highest BCUT2D eigenvalue weighted by Gasteiger charge is 2.37. The van der Waals surface area contributed by atoms with Crippen LogP contribution in [0, 0.1) is 5.92 Å². The summed E-state index contributed by atoms with van der Waals surface area (Å²) >= 11 is 0. The van der Waals surface area contributed by atoms with Crippen molar-refractivity contribution in [3.8, 4) is 0 Å². The van der Waals surface area contributed by atoms with Gasteiger partial charge in [-0.15, -0.1) is 0 Å². The van der Waals surface area contributed by atoms with Crippen LogP contribution < -0.4 is 5.32 Å². The topological polar surface area (TPSA) is 41.6 Å². The summed E-state index contributed by atoms with van der Waals surface area (Å²) in [6, 6.07) is 0.971. The second-order valence-corrected chi connectivity index (χ2v) is 6.58. The number of likely N-dealkylation sites (tertiary alicyclic amines) is 1. The van der Waals surface area contributed by atoms with Crippen LogP contribution in [0.15, 0.2) is 0 Å². The van der Waals surface area contributed by atoms with Crippen molar-refractivity contribution in [2.45, 2.75) is 71.5 Å². The molecule has 0 aliphatic carbocycles. The van der Waals surface area contributed by atoms with E-state index in [4.69, 9.17) is 4.74 Å². The van der Waals surface area contributed by atoms with E-state index in [-0.39, 0.29) is 5.97 Å². The number of likely N-dealkylation sites (N-methyl/N-ethyl adjacent to an activating group) is 1. The summed E-state index contributed by atoms with van der Waals surface area (Å²) in [6.07, 6.45) is 3.34. The van der Waals surface area contributed by atoms with E-state index in [9.17, 15) is 4.79 Å². The monoisotopic (exact) mass is 284 g/mol. The lowest BCUT2D eigenvalue weighted by molar-refractivity contribution is -0.151. The first-order chi connectivity index (χ1) is 9.34. The summed E-state index contributed by atoms with van der Waals surface area (Å²) in [5.41, 5.74) is -0.601. The van der Waals surface area contributed by atoms with E-state index >= 15 is 0 Å². The Balaban J connectivity index is 2.70. The molecule has 0 bridgehead atoms. The SMILES string of the molecule is CCOC(=O)C(C)(CC(C)N1CC(C)CCC1C)NC. The summed E-state index contributed by atoms with van der Waals surface area (Å²) in [5.74, 6) is 0.601. The molecule has 0 radical (unpaired) electrons. The van der Waals surface area contributed by atoms with Crippen LogP contribution in [0.2, 0.25) is 0 Å². The summed E-state index contributed by atoms with van der Waals surface area (Å²) in [4.78, 5) is 14.7. The Hall–Kier alpha value is -0.610. The van der Waals surface area contributed by atoms with Gasteiger partial charge >= 0.3 is 5.97 Å². The molecule has 0 aromatic carbocycles. The van der Waals surface area contributed by atoms with Crippen LogP contribution in [0.25, 0.3) is 0 Å². The first kappa shape index (κ1) is 17.4. The quantitative estimate of drug-likeness (QED) is 0.761. The van der Waals surface area contributed by atoms with E-state index in [0.29, 0.717) is 18.7 Å². The van der Waals surface area contributed by atoms with Gasteiger partial charge in [-0.05, 0) is 59.9 Å². The number of nitrogens with zero attached hydrogens (tertiary/aromatic N) is 1. The van der Waals surface area contributed by atoms with Crippen molar-refractivity contribution >= 4 is 5.97 Å². The van der Waals surface area contributed by atoms with E-state index in [0.717, 1.165) is 18.9 Å². The fourth-order valence-electron chi connectivity index (χ4n) is 3.22. The Bertz CT molecular complexity index is 322. The lowest BCUT2D eigenvalue weighted by Gasteiger charge is -2.43. The first-order valence-electron chi connectivity index (χ1n) is 7.96. The average Bonchev–Trinajstić information content (AvgIpc) is 2.41. The molecule has 4 unspecified atom stereocenters. The summed E-state index contributed by atoms with van der Waals surface area (Å²) in [7, 11) is 1.84. The summed E-state index contributed by atoms with van der Waals surface area (Å²) < 4.78 is 5.21. The zero-order valence-corrected chi connectivity index (χ0v) is 14.0. The zero-order valence-electron chi connectivity index (χ0n) is 14.0. The molecule has 1 fully saturated rings. The minimum Gasteiger partial charge on any atom is -0.465 e. The van der Waals surface area contributed by atoms with Gasteiger partial charge in [-0.3, -0.25) is 9.69 Å². The minimum atomic E-state index is -0.601. The van der Waals surface area contributed by atoms with E-state index in [1.165, 1.54) is 12.8 Å². The van der Waals surface area contributed by atoms with Crippen LogP contribution in [0.5, 0.6) is 0 Å². The number of nitrogens with one attached hydrogen (secondary N) is 1. The molecule has 1 aliphatic heterocycles. The number of ether oxygens (including phenoxy) is 1.